The van der Waals surface area contributed by atoms with E-state index in [2.05, 4.69) is 54.0 Å². The van der Waals surface area contributed by atoms with E-state index in [1.165, 1.54) is 18.7 Å². The number of ether oxygens (including phenoxy) is 1. The second kappa shape index (κ2) is 5.14. The van der Waals surface area contributed by atoms with Crippen LogP contribution in [0.4, 0.5) is 5.69 Å². The van der Waals surface area contributed by atoms with Crippen molar-refractivity contribution in [3.63, 3.8) is 0 Å². The van der Waals surface area contributed by atoms with Crippen LogP contribution >= 0.6 is 0 Å². The summed E-state index contributed by atoms with van der Waals surface area (Å²) in [6.07, 6.45) is 1.27. The van der Waals surface area contributed by atoms with Crippen molar-refractivity contribution >= 4 is 5.69 Å². The summed E-state index contributed by atoms with van der Waals surface area (Å²) in [7, 11) is 0. The Morgan fingerprint density at radius 2 is 1.95 bits per heavy atom. The Labute approximate surface area is 116 Å². The molecule has 3 rings (SSSR count). The van der Waals surface area contributed by atoms with Crippen LogP contribution in [0, 0.1) is 0 Å². The highest BCUT2D eigenvalue weighted by Crippen LogP contribution is 2.26. The van der Waals surface area contributed by atoms with E-state index in [4.69, 9.17) is 4.74 Å². The van der Waals surface area contributed by atoms with Crippen molar-refractivity contribution in [3.8, 4) is 0 Å². The Morgan fingerprint density at radius 3 is 2.68 bits per heavy atom. The van der Waals surface area contributed by atoms with Gasteiger partial charge in [0.15, 0.2) is 0 Å². The van der Waals surface area contributed by atoms with Gasteiger partial charge in [-0.3, -0.25) is 4.90 Å². The molecule has 2 fully saturated rings. The van der Waals surface area contributed by atoms with Gasteiger partial charge in [0, 0.05) is 37.9 Å². The molecule has 104 valence electrons. The van der Waals surface area contributed by atoms with Crippen molar-refractivity contribution in [2.75, 3.05) is 37.7 Å². The Bertz CT molecular complexity index is 418. The lowest BCUT2D eigenvalue weighted by molar-refractivity contribution is -0.0949. The van der Waals surface area contributed by atoms with Crippen LogP contribution in [0.25, 0.3) is 0 Å². The lowest BCUT2D eigenvalue weighted by atomic mass is 10.1. The predicted octanol–water partition coefficient (Wildman–Crippen LogP) is 2.38. The number of rotatable bonds is 2. The third kappa shape index (κ3) is 2.93. The number of benzene rings is 1. The maximum absolute atomic E-state index is 5.81. The summed E-state index contributed by atoms with van der Waals surface area (Å²) in [6.45, 7) is 9.73. The van der Waals surface area contributed by atoms with E-state index in [-0.39, 0.29) is 5.60 Å². The molecule has 0 amide bonds. The number of hydrogen-bond acceptors (Lipinski definition) is 3. The molecule has 2 aliphatic heterocycles. The molecular formula is C16H24N2O. The Hall–Kier alpha value is -1.06. The van der Waals surface area contributed by atoms with Crippen LogP contribution in [0.5, 0.6) is 0 Å². The van der Waals surface area contributed by atoms with Crippen LogP contribution in [0.2, 0.25) is 0 Å². The third-order valence-corrected chi connectivity index (χ3v) is 4.26. The predicted molar refractivity (Wildman–Crippen MR) is 78.7 cm³/mol. The van der Waals surface area contributed by atoms with E-state index in [0.717, 1.165) is 26.2 Å². The zero-order valence-corrected chi connectivity index (χ0v) is 12.0. The molecule has 19 heavy (non-hydrogen) atoms. The Kier molecular flexibility index (Phi) is 3.50. The molecule has 3 nitrogen and oxygen atoms in total. The number of para-hydroxylation sites is 1. The molecule has 0 spiro atoms. The minimum Gasteiger partial charge on any atom is -0.373 e. The molecule has 0 saturated carbocycles. The zero-order valence-electron chi connectivity index (χ0n) is 12.0. The van der Waals surface area contributed by atoms with Crippen molar-refractivity contribution in [1.82, 2.24) is 4.90 Å². The largest absolute Gasteiger partial charge is 0.373 e. The maximum atomic E-state index is 5.81. The van der Waals surface area contributed by atoms with Crippen LogP contribution < -0.4 is 4.90 Å². The van der Waals surface area contributed by atoms with Crippen LogP contribution in [0.15, 0.2) is 30.3 Å². The summed E-state index contributed by atoms with van der Waals surface area (Å²) in [4.78, 5) is 5.12. The minimum atomic E-state index is 0.0123. The van der Waals surface area contributed by atoms with Crippen molar-refractivity contribution in [3.05, 3.63) is 30.3 Å². The second-order valence-corrected chi connectivity index (χ2v) is 6.30. The van der Waals surface area contributed by atoms with Crippen molar-refractivity contribution in [2.24, 2.45) is 0 Å². The smallest absolute Gasteiger partial charge is 0.0753 e. The molecule has 2 aliphatic rings. The normalized spacial score (nSPS) is 27.7. The first-order chi connectivity index (χ1) is 9.14. The Morgan fingerprint density at radius 1 is 1.16 bits per heavy atom. The lowest BCUT2D eigenvalue weighted by Gasteiger charge is -2.41. The van der Waals surface area contributed by atoms with Gasteiger partial charge in [0.2, 0.25) is 0 Å². The van der Waals surface area contributed by atoms with Gasteiger partial charge in [0.05, 0.1) is 12.2 Å². The molecule has 2 heterocycles. The van der Waals surface area contributed by atoms with E-state index < -0.39 is 0 Å². The van der Waals surface area contributed by atoms with Crippen molar-refractivity contribution in [2.45, 2.75) is 31.9 Å². The van der Waals surface area contributed by atoms with Gasteiger partial charge in [-0.2, -0.15) is 0 Å². The zero-order chi connectivity index (χ0) is 13.3. The Balaban J connectivity index is 1.63. The van der Waals surface area contributed by atoms with Crippen molar-refractivity contribution < 1.29 is 4.74 Å². The van der Waals surface area contributed by atoms with E-state index >= 15 is 0 Å². The maximum Gasteiger partial charge on any atom is 0.0753 e. The summed E-state index contributed by atoms with van der Waals surface area (Å²) < 4.78 is 5.81. The van der Waals surface area contributed by atoms with Gasteiger partial charge in [0.1, 0.15) is 0 Å². The molecule has 0 N–H and O–H groups in total. The standard InChI is InChI=1S/C16H24N2O/c1-16(2)13-18(10-11-19-16)15-8-9-17(12-15)14-6-4-3-5-7-14/h3-7,15H,8-13H2,1-2H3/t15-/m1/s1. The average Bonchev–Trinajstić information content (AvgIpc) is 2.88. The SMILES string of the molecule is CC1(C)CN([C@@H]2CCN(c3ccccc3)C2)CCO1. The molecule has 0 radical (unpaired) electrons. The highest BCUT2D eigenvalue weighted by molar-refractivity contribution is 5.47. The van der Waals surface area contributed by atoms with E-state index in [0.29, 0.717) is 6.04 Å². The monoisotopic (exact) mass is 260 g/mol. The molecule has 0 bridgehead atoms. The topological polar surface area (TPSA) is 15.7 Å². The molecule has 0 unspecified atom stereocenters. The molecule has 1 aromatic carbocycles. The van der Waals surface area contributed by atoms with Gasteiger partial charge >= 0.3 is 0 Å². The van der Waals surface area contributed by atoms with Gasteiger partial charge < -0.3 is 9.64 Å². The molecule has 0 aromatic heterocycles. The number of anilines is 1. The summed E-state index contributed by atoms with van der Waals surface area (Å²) in [5.41, 5.74) is 1.37. The molecular weight excluding hydrogens is 236 g/mol. The number of hydrogen-bond donors (Lipinski definition) is 0. The number of nitrogens with zero attached hydrogens (tertiary/aromatic N) is 2. The molecule has 1 atom stereocenters. The summed E-state index contributed by atoms with van der Waals surface area (Å²) >= 11 is 0. The highest BCUT2D eigenvalue weighted by atomic mass is 16.5. The lowest BCUT2D eigenvalue weighted by Crippen LogP contribution is -2.52. The van der Waals surface area contributed by atoms with Gasteiger partial charge in [-0.05, 0) is 32.4 Å². The first-order valence-electron chi connectivity index (χ1n) is 7.32. The van der Waals surface area contributed by atoms with Crippen LogP contribution in [-0.2, 0) is 4.74 Å². The quantitative estimate of drug-likeness (QED) is 0.812. The average molecular weight is 260 g/mol. The number of morpholine rings is 1. The van der Waals surface area contributed by atoms with Gasteiger partial charge in [-0.1, -0.05) is 18.2 Å². The van der Waals surface area contributed by atoms with Gasteiger partial charge in [-0.25, -0.2) is 0 Å². The molecule has 3 heteroatoms. The van der Waals surface area contributed by atoms with Gasteiger partial charge in [0.25, 0.3) is 0 Å². The van der Waals surface area contributed by atoms with Crippen LogP contribution in [0.3, 0.4) is 0 Å². The summed E-state index contributed by atoms with van der Waals surface area (Å²) in [6, 6.07) is 11.4. The first-order valence-corrected chi connectivity index (χ1v) is 7.32. The van der Waals surface area contributed by atoms with Crippen molar-refractivity contribution in [1.29, 1.82) is 0 Å². The van der Waals surface area contributed by atoms with E-state index in [1.807, 2.05) is 0 Å². The minimum absolute atomic E-state index is 0.0123. The third-order valence-electron chi connectivity index (χ3n) is 4.26. The fourth-order valence-electron chi connectivity index (χ4n) is 3.28. The summed E-state index contributed by atoms with van der Waals surface area (Å²) in [5, 5.41) is 0. The highest BCUT2D eigenvalue weighted by Gasteiger charge is 2.34. The van der Waals surface area contributed by atoms with Crippen LogP contribution in [-0.4, -0.2) is 49.3 Å². The van der Waals surface area contributed by atoms with E-state index in [1.54, 1.807) is 0 Å². The second-order valence-electron chi connectivity index (χ2n) is 6.30. The molecule has 0 aliphatic carbocycles. The van der Waals surface area contributed by atoms with Crippen LogP contribution in [0.1, 0.15) is 20.3 Å². The summed E-state index contributed by atoms with van der Waals surface area (Å²) in [5.74, 6) is 0. The molecule has 1 aromatic rings. The fourth-order valence-corrected chi connectivity index (χ4v) is 3.28. The first kappa shape index (κ1) is 12.9. The van der Waals surface area contributed by atoms with E-state index in [9.17, 15) is 0 Å². The fraction of sp³-hybridized carbons (Fsp3) is 0.625. The van der Waals surface area contributed by atoms with Gasteiger partial charge in [-0.15, -0.1) is 0 Å². The molecule has 2 saturated heterocycles.